The Morgan fingerprint density at radius 3 is 1.52 bits per heavy atom. The summed E-state index contributed by atoms with van der Waals surface area (Å²) in [6.07, 6.45) is 28.9. The van der Waals surface area contributed by atoms with E-state index in [1.165, 1.54) is 135 Å². The molecule has 48 heavy (non-hydrogen) atoms. The van der Waals surface area contributed by atoms with Crippen LogP contribution < -0.4 is 5.32 Å². The van der Waals surface area contributed by atoms with E-state index in [2.05, 4.69) is 12.2 Å². The predicted molar refractivity (Wildman–Crippen MR) is 205 cm³/mol. The second-order valence-electron chi connectivity index (χ2n) is 14.9. The fourth-order valence-corrected chi connectivity index (χ4v) is 7.23. The summed E-state index contributed by atoms with van der Waals surface area (Å²) < 4.78 is 5.96. The molecule has 7 nitrogen and oxygen atoms in total. The normalized spacial score (nSPS) is 21.9. The van der Waals surface area contributed by atoms with Crippen molar-refractivity contribution in [1.82, 2.24) is 5.32 Å². The van der Waals surface area contributed by atoms with Gasteiger partial charge in [-0.3, -0.25) is 0 Å². The van der Waals surface area contributed by atoms with Gasteiger partial charge in [-0.2, -0.15) is 0 Å². The highest BCUT2D eigenvalue weighted by Crippen LogP contribution is 2.23. The van der Waals surface area contributed by atoms with Crippen molar-refractivity contribution >= 4 is 17.2 Å². The third-order valence-electron chi connectivity index (χ3n) is 10.4. The van der Waals surface area contributed by atoms with Crippen LogP contribution >= 0.6 is 12.2 Å². The minimum Gasteiger partial charge on any atom is -0.393 e. The Hall–Kier alpha value is -0.350. The molecule has 0 bridgehead atoms. The molecule has 0 heterocycles. The third kappa shape index (κ3) is 23.9. The molecule has 7 unspecified atom stereocenters. The Morgan fingerprint density at radius 2 is 1.08 bits per heavy atom. The van der Waals surface area contributed by atoms with Crippen molar-refractivity contribution in [2.24, 2.45) is 0 Å². The molecule has 1 rings (SSSR count). The van der Waals surface area contributed by atoms with E-state index in [1.54, 1.807) is 0 Å². The van der Waals surface area contributed by atoms with Crippen LogP contribution in [0.25, 0.3) is 0 Å². The van der Waals surface area contributed by atoms with Gasteiger partial charge in [0.05, 0.1) is 42.1 Å². The van der Waals surface area contributed by atoms with Crippen LogP contribution in [0.1, 0.15) is 200 Å². The minimum atomic E-state index is -1.25. The number of nitrogens with one attached hydrogen (secondary N) is 1. The first-order chi connectivity index (χ1) is 23.3. The van der Waals surface area contributed by atoms with Crippen LogP contribution in [-0.2, 0) is 4.74 Å². The second-order valence-corrected chi connectivity index (χ2v) is 15.4. The van der Waals surface area contributed by atoms with E-state index >= 15 is 0 Å². The van der Waals surface area contributed by atoms with Gasteiger partial charge in [0.25, 0.3) is 0 Å². The molecule has 0 aromatic rings. The van der Waals surface area contributed by atoms with Gasteiger partial charge in [0.1, 0.15) is 12.2 Å². The third-order valence-corrected chi connectivity index (χ3v) is 10.7. The highest BCUT2D eigenvalue weighted by atomic mass is 32.1. The lowest BCUT2D eigenvalue weighted by molar-refractivity contribution is -0.120. The van der Waals surface area contributed by atoms with Crippen molar-refractivity contribution in [3.8, 4) is 0 Å². The van der Waals surface area contributed by atoms with Crippen molar-refractivity contribution in [3.63, 3.8) is 0 Å². The van der Waals surface area contributed by atoms with Crippen LogP contribution in [0.5, 0.6) is 0 Å². The van der Waals surface area contributed by atoms with Gasteiger partial charge < -0.3 is 35.6 Å². The largest absolute Gasteiger partial charge is 0.393 e. The molecule has 1 aliphatic rings. The van der Waals surface area contributed by atoms with Crippen LogP contribution in [0.15, 0.2) is 0 Å². The molecule has 1 fully saturated rings. The molecule has 0 spiro atoms. The first-order valence-corrected chi connectivity index (χ1v) is 21.0. The first-order valence-electron chi connectivity index (χ1n) is 20.6. The van der Waals surface area contributed by atoms with E-state index in [9.17, 15) is 25.5 Å². The molecule has 1 aliphatic carbocycles. The van der Waals surface area contributed by atoms with Crippen LogP contribution in [0.4, 0.5) is 0 Å². The van der Waals surface area contributed by atoms with E-state index in [0.29, 0.717) is 30.7 Å². The topological polar surface area (TPSA) is 122 Å². The van der Waals surface area contributed by atoms with Gasteiger partial charge in [-0.05, 0) is 38.5 Å². The van der Waals surface area contributed by atoms with Crippen molar-refractivity contribution in [1.29, 1.82) is 0 Å². The van der Waals surface area contributed by atoms with Gasteiger partial charge in [0, 0.05) is 6.42 Å². The van der Waals surface area contributed by atoms with E-state index in [0.717, 1.165) is 19.3 Å². The first kappa shape index (κ1) is 45.7. The summed E-state index contributed by atoms with van der Waals surface area (Å²) in [5.41, 5.74) is 0. The summed E-state index contributed by atoms with van der Waals surface area (Å²) in [6.45, 7) is 4.24. The maximum Gasteiger partial charge on any atom is 0.108 e. The minimum absolute atomic E-state index is 0.0850. The molecular weight excluding hydrogens is 623 g/mol. The number of hydrogen-bond donors (Lipinski definition) is 6. The molecule has 286 valence electrons. The lowest BCUT2D eigenvalue weighted by Crippen LogP contribution is -2.49. The number of hydrogen-bond acceptors (Lipinski definition) is 7. The fraction of sp³-hybridized carbons (Fsp3) is 0.975. The molecule has 0 amide bonds. The lowest BCUT2D eigenvalue weighted by Gasteiger charge is -2.31. The zero-order valence-electron chi connectivity index (χ0n) is 31.3. The molecule has 0 saturated heterocycles. The molecule has 0 aromatic heterocycles. The lowest BCUT2D eigenvalue weighted by atomic mass is 10.0. The molecule has 6 N–H and O–H groups in total. The van der Waals surface area contributed by atoms with E-state index in [4.69, 9.17) is 17.0 Å². The smallest absolute Gasteiger partial charge is 0.108 e. The Bertz CT molecular complexity index is 730. The highest BCUT2D eigenvalue weighted by Gasteiger charge is 2.35. The molecule has 0 radical (unpaired) electrons. The monoisotopic (exact) mass is 702 g/mol. The van der Waals surface area contributed by atoms with Gasteiger partial charge in [0.2, 0.25) is 0 Å². The summed E-state index contributed by atoms with van der Waals surface area (Å²) >= 11 is 5.61. The van der Waals surface area contributed by atoms with E-state index in [1.807, 2.05) is 6.92 Å². The highest BCUT2D eigenvalue weighted by molar-refractivity contribution is 7.80. The summed E-state index contributed by atoms with van der Waals surface area (Å²) in [6, 6.07) is -0.527. The molecule has 1 saturated carbocycles. The predicted octanol–water partition coefficient (Wildman–Crippen LogP) is 8.83. The summed E-state index contributed by atoms with van der Waals surface area (Å²) in [5.74, 6) is 0. The van der Waals surface area contributed by atoms with E-state index < -0.39 is 42.7 Å². The fourth-order valence-electron chi connectivity index (χ4n) is 6.94. The number of thiocarbonyl (C=S) groups is 1. The summed E-state index contributed by atoms with van der Waals surface area (Å²) in [7, 11) is 0. The Morgan fingerprint density at radius 1 is 0.646 bits per heavy atom. The number of rotatable bonds is 32. The van der Waals surface area contributed by atoms with Crippen LogP contribution in [0.2, 0.25) is 0 Å². The van der Waals surface area contributed by atoms with Gasteiger partial charge in [0.15, 0.2) is 0 Å². The van der Waals surface area contributed by atoms with Crippen LogP contribution in [0, 0.1) is 0 Å². The Balaban J connectivity index is 2.06. The quantitative estimate of drug-likeness (QED) is 0.0234. The summed E-state index contributed by atoms with van der Waals surface area (Å²) in [5, 5.41) is 54.8. The zero-order valence-corrected chi connectivity index (χ0v) is 32.1. The van der Waals surface area contributed by atoms with Crippen LogP contribution in [-0.4, -0.2) is 79.8 Å². The second kappa shape index (κ2) is 31.4. The average Bonchev–Trinajstić information content (AvgIpc) is 3.19. The molecule has 8 heteroatoms. The SMILES string of the molecule is CCCCCCCCCCCCCCCCCCCCCCCCCC(=S)NC(COC1CCCC(O)C(O)C1O)C(O)CC(O)CC. The van der Waals surface area contributed by atoms with Gasteiger partial charge in [-0.25, -0.2) is 0 Å². The van der Waals surface area contributed by atoms with E-state index in [-0.39, 0.29) is 13.0 Å². The Labute approximate surface area is 301 Å². The number of aliphatic hydroxyl groups excluding tert-OH is 5. The molecule has 7 atom stereocenters. The van der Waals surface area contributed by atoms with Crippen LogP contribution in [0.3, 0.4) is 0 Å². The van der Waals surface area contributed by atoms with Gasteiger partial charge >= 0.3 is 0 Å². The summed E-state index contributed by atoms with van der Waals surface area (Å²) in [4.78, 5) is 0.675. The van der Waals surface area contributed by atoms with Crippen molar-refractivity contribution in [3.05, 3.63) is 0 Å². The molecule has 0 aliphatic heterocycles. The maximum absolute atomic E-state index is 10.8. The van der Waals surface area contributed by atoms with Gasteiger partial charge in [-0.15, -0.1) is 0 Å². The van der Waals surface area contributed by atoms with Crippen molar-refractivity contribution in [2.45, 2.75) is 243 Å². The Kier molecular flexibility index (Phi) is 29.9. The zero-order chi connectivity index (χ0) is 35.2. The number of unbranched alkanes of at least 4 members (excludes halogenated alkanes) is 22. The van der Waals surface area contributed by atoms with Crippen molar-refractivity contribution in [2.75, 3.05) is 6.61 Å². The average molecular weight is 702 g/mol. The number of aliphatic hydroxyl groups is 5. The maximum atomic E-state index is 10.8. The number of ether oxygens (including phenoxy) is 1. The van der Waals surface area contributed by atoms with Gasteiger partial charge in [-0.1, -0.05) is 167 Å². The molecule has 0 aromatic carbocycles. The standard InChI is InChI=1S/C40H79NO6S/c1-3-5-6-7-8-9-10-11-12-13-14-15-16-17-18-19-20-21-22-23-24-25-26-30-38(48)41-34(36(44)31-33(42)4-2)32-47-37-29-27-28-35(43)39(45)40(37)46/h33-37,39-40,42-46H,3-32H2,1-2H3,(H,41,48). The molecular formula is C40H79NO6S. The van der Waals surface area contributed by atoms with Crippen molar-refractivity contribution < 1.29 is 30.3 Å².